The fourth-order valence-corrected chi connectivity index (χ4v) is 3.23. The minimum atomic E-state index is -8.79. The second kappa shape index (κ2) is 14.9. The molecule has 7 nitrogen and oxygen atoms in total. The molecule has 0 aliphatic carbocycles. The first-order valence-corrected chi connectivity index (χ1v) is 12.7. The Morgan fingerprint density at radius 2 is 1.15 bits per heavy atom. The minimum Gasteiger partial charge on any atom is -0.460 e. The van der Waals surface area contributed by atoms with Crippen LogP contribution in [0.2, 0.25) is 0 Å². The maximum absolute atomic E-state index is 13.8. The third-order valence-corrected chi connectivity index (χ3v) is 6.29. The van der Waals surface area contributed by atoms with Crippen molar-refractivity contribution in [3.8, 4) is 0 Å². The predicted octanol–water partition coefficient (Wildman–Crippen LogP) is 6.29. The largest absolute Gasteiger partial charge is 0.473 e. The van der Waals surface area contributed by atoms with Crippen LogP contribution in [0.15, 0.2) is 12.2 Å². The number of alkyl halides is 17. The number of ether oxygens (including phenoxy) is 2. The van der Waals surface area contributed by atoms with E-state index in [1.807, 2.05) is 0 Å². The lowest BCUT2D eigenvalue weighted by molar-refractivity contribution is -0.474. The van der Waals surface area contributed by atoms with Crippen molar-refractivity contribution in [3.63, 3.8) is 0 Å². The van der Waals surface area contributed by atoms with E-state index in [2.05, 4.69) is 25.8 Å². The van der Waals surface area contributed by atoms with Crippen molar-refractivity contribution in [1.29, 1.82) is 0 Å². The number of hydrogen-bond acceptors (Lipinski definition) is 8. The molecule has 0 saturated carbocycles. The highest BCUT2D eigenvalue weighted by atomic mass is 32.2. The molecule has 0 saturated heterocycles. The number of aliphatic hydroxyl groups is 1. The van der Waals surface area contributed by atoms with Crippen LogP contribution in [0.25, 0.3) is 0 Å². The lowest BCUT2D eigenvalue weighted by atomic mass is 9.90. The van der Waals surface area contributed by atoms with Crippen molar-refractivity contribution in [3.05, 3.63) is 12.2 Å². The number of rotatable bonds is 19. The zero-order valence-electron chi connectivity index (χ0n) is 22.6. The Labute approximate surface area is 250 Å². The van der Waals surface area contributed by atoms with E-state index >= 15 is 0 Å². The molecule has 46 heavy (non-hydrogen) atoms. The molecule has 0 heterocycles. The second-order valence-corrected chi connectivity index (χ2v) is 10.1. The summed E-state index contributed by atoms with van der Waals surface area (Å²) in [7, 11) is 0. The average molecular weight is 740 g/mol. The number of thioether (sulfide) groups is 1. The normalized spacial score (nSPS) is 15.7. The van der Waals surface area contributed by atoms with E-state index < -0.39 is 97.4 Å². The van der Waals surface area contributed by atoms with Crippen LogP contribution in [-0.4, -0.2) is 102 Å². The number of hydrogen-bond donors (Lipinski definition) is 1. The monoisotopic (exact) mass is 740 g/mol. The van der Waals surface area contributed by atoms with Crippen LogP contribution in [-0.2, 0) is 28.8 Å². The summed E-state index contributed by atoms with van der Waals surface area (Å²) in [5.41, 5.74) is 0.0152. The molecule has 0 aliphatic rings. The number of halogens is 17. The first-order chi connectivity index (χ1) is 20.3. The molecule has 25 heteroatoms. The summed E-state index contributed by atoms with van der Waals surface area (Å²) in [6.45, 7) is 3.61. The van der Waals surface area contributed by atoms with E-state index in [0.29, 0.717) is 18.7 Å². The molecule has 0 aromatic heterocycles. The molecule has 2 unspecified atom stereocenters. The standard InChI is InChI=1S/C21H21F17O7S/c1-9(2)12(40)42-6-11(39)7-44-43-4-5-46-8-10(3)13(41)45-21(37,38)19(32,33)17(28,29)15(24,25)14(22,23)16(26,27)18(30,31)20(34,35)36/h10-11,39H,1,4-8H2,2-3H3. The van der Waals surface area contributed by atoms with Gasteiger partial charge in [-0.2, -0.15) is 86.4 Å². The molecule has 1 N–H and O–H groups in total. The Bertz CT molecular complexity index is 1070. The fraction of sp³-hybridized carbons (Fsp3) is 0.810. The first-order valence-electron chi connectivity index (χ1n) is 11.5. The predicted molar refractivity (Wildman–Crippen MR) is 117 cm³/mol. The number of esters is 2. The first kappa shape index (κ1) is 43.7. The molecule has 0 aliphatic heterocycles. The molecule has 0 amide bonds. The molecule has 0 fully saturated rings. The molecular weight excluding hydrogens is 719 g/mol. The van der Waals surface area contributed by atoms with Crippen molar-refractivity contribution in [2.24, 2.45) is 5.92 Å². The van der Waals surface area contributed by atoms with Crippen molar-refractivity contribution in [2.45, 2.75) is 67.8 Å². The van der Waals surface area contributed by atoms with Gasteiger partial charge in [0.1, 0.15) is 19.3 Å². The molecule has 272 valence electrons. The van der Waals surface area contributed by atoms with Crippen LogP contribution in [0.5, 0.6) is 0 Å². The van der Waals surface area contributed by atoms with Gasteiger partial charge in [-0.25, -0.2) is 14.6 Å². The third kappa shape index (κ3) is 8.79. The van der Waals surface area contributed by atoms with Gasteiger partial charge in [-0.15, -0.1) is 0 Å². The van der Waals surface area contributed by atoms with Crippen LogP contribution in [0, 0.1) is 5.92 Å². The lowest BCUT2D eigenvalue weighted by Gasteiger charge is -2.42. The zero-order chi connectivity index (χ0) is 37.0. The van der Waals surface area contributed by atoms with E-state index in [0.717, 1.165) is 0 Å². The Morgan fingerprint density at radius 1 is 0.717 bits per heavy atom. The van der Waals surface area contributed by atoms with Gasteiger partial charge in [0.25, 0.3) is 0 Å². The molecule has 0 bridgehead atoms. The number of aliphatic hydroxyl groups excluding tert-OH is 1. The summed E-state index contributed by atoms with van der Waals surface area (Å²) in [5.74, 6) is -57.7. The van der Waals surface area contributed by atoms with E-state index in [-0.39, 0.29) is 11.3 Å². The van der Waals surface area contributed by atoms with Gasteiger partial charge in [0.2, 0.25) is 0 Å². The molecule has 2 atom stereocenters. The van der Waals surface area contributed by atoms with E-state index in [9.17, 15) is 89.3 Å². The fourth-order valence-electron chi connectivity index (χ4n) is 2.39. The average Bonchev–Trinajstić information content (AvgIpc) is 2.89. The van der Waals surface area contributed by atoms with E-state index in [1.165, 1.54) is 6.92 Å². The highest BCUT2D eigenvalue weighted by molar-refractivity contribution is 7.99. The topological polar surface area (TPSA) is 91.3 Å². The Hall–Kier alpha value is -2.28. The van der Waals surface area contributed by atoms with Gasteiger partial charge in [-0.05, 0) is 6.92 Å². The molecule has 0 radical (unpaired) electrons. The molecule has 0 spiro atoms. The number of carbonyl (C=O) groups excluding carboxylic acids is 2. The Balaban J connectivity index is 5.37. The zero-order valence-corrected chi connectivity index (χ0v) is 23.4. The summed E-state index contributed by atoms with van der Waals surface area (Å²) >= 11 is 0.526. The highest BCUT2D eigenvalue weighted by Gasteiger charge is 2.96. The van der Waals surface area contributed by atoms with Crippen LogP contribution in [0.3, 0.4) is 0 Å². The van der Waals surface area contributed by atoms with Crippen molar-refractivity contribution in [2.75, 3.05) is 31.3 Å². The number of carbonyl (C=O) groups is 2. The summed E-state index contributed by atoms with van der Waals surface area (Å²) < 4.78 is 233. The van der Waals surface area contributed by atoms with Gasteiger partial charge in [0.05, 0.1) is 12.5 Å². The third-order valence-electron chi connectivity index (χ3n) is 5.10. The van der Waals surface area contributed by atoms with Crippen molar-refractivity contribution >= 4 is 23.7 Å². The molecule has 0 aromatic rings. The molecule has 0 aromatic carbocycles. The van der Waals surface area contributed by atoms with Crippen LogP contribution >= 0.6 is 11.8 Å². The molecular formula is C21H21F17O7S. The summed E-state index contributed by atoms with van der Waals surface area (Å²) in [6, 6.07) is 0. The SMILES string of the molecule is C=C(C)C(=O)OCC(O)COOCCSCC(C)C(=O)OC(F)(F)C(F)(F)C(F)(F)C(F)(F)C(F)(F)C(F)(F)C(F)(F)C(F)(F)F. The lowest BCUT2D eigenvalue weighted by Crippen LogP contribution is -2.74. The van der Waals surface area contributed by atoms with Gasteiger partial charge in [0, 0.05) is 17.1 Å². The van der Waals surface area contributed by atoms with Gasteiger partial charge >= 0.3 is 59.8 Å². The van der Waals surface area contributed by atoms with Gasteiger partial charge in [-0.3, -0.25) is 4.79 Å². The highest BCUT2D eigenvalue weighted by Crippen LogP contribution is 2.64. The van der Waals surface area contributed by atoms with Gasteiger partial charge in [0.15, 0.2) is 0 Å². The second-order valence-electron chi connectivity index (χ2n) is 9.00. The van der Waals surface area contributed by atoms with E-state index in [1.54, 1.807) is 0 Å². The van der Waals surface area contributed by atoms with Crippen LogP contribution in [0.1, 0.15) is 13.8 Å². The van der Waals surface area contributed by atoms with Gasteiger partial charge < -0.3 is 14.6 Å². The van der Waals surface area contributed by atoms with Crippen molar-refractivity contribution < 1.29 is 109 Å². The smallest absolute Gasteiger partial charge is 0.460 e. The van der Waals surface area contributed by atoms with Crippen LogP contribution < -0.4 is 0 Å². The Morgan fingerprint density at radius 3 is 1.59 bits per heavy atom. The summed E-state index contributed by atoms with van der Waals surface area (Å²) in [4.78, 5) is 31.9. The Kier molecular flexibility index (Phi) is 14.1. The van der Waals surface area contributed by atoms with E-state index in [4.69, 9.17) is 0 Å². The maximum Gasteiger partial charge on any atom is 0.473 e. The minimum absolute atomic E-state index is 0.0152. The quantitative estimate of drug-likeness (QED) is 0.0413. The van der Waals surface area contributed by atoms with Crippen molar-refractivity contribution in [1.82, 2.24) is 0 Å². The molecule has 0 rings (SSSR count). The van der Waals surface area contributed by atoms with Gasteiger partial charge in [-0.1, -0.05) is 13.5 Å². The maximum atomic E-state index is 13.8. The summed E-state index contributed by atoms with van der Waals surface area (Å²) in [6.07, 6.45) is -16.5. The summed E-state index contributed by atoms with van der Waals surface area (Å²) in [5, 5.41) is 9.48. The van der Waals surface area contributed by atoms with Crippen LogP contribution in [0.4, 0.5) is 74.6 Å².